The standard InChI is InChI=1S/C21H27N5O2S2/c22-19-15-30-16-20(19)25-4-1-2-17(12-25)13-26(6-5-24-7-9-28-10-8-24)21(27)23-18-3-11-29-14-18/h1-3,11-12,14-16H,4-10,13,22H2,(H,23,27). The number of rotatable bonds is 7. The van der Waals surface area contributed by atoms with Crippen LogP contribution in [0.1, 0.15) is 0 Å². The van der Waals surface area contributed by atoms with E-state index in [4.69, 9.17) is 10.5 Å². The Balaban J connectivity index is 1.45. The van der Waals surface area contributed by atoms with Gasteiger partial charge in [0.05, 0.1) is 30.3 Å². The predicted molar refractivity (Wildman–Crippen MR) is 125 cm³/mol. The van der Waals surface area contributed by atoms with Crippen molar-refractivity contribution in [2.24, 2.45) is 0 Å². The van der Waals surface area contributed by atoms with Crippen molar-refractivity contribution in [3.63, 3.8) is 0 Å². The summed E-state index contributed by atoms with van der Waals surface area (Å²) < 4.78 is 5.44. The average molecular weight is 446 g/mol. The highest BCUT2D eigenvalue weighted by Crippen LogP contribution is 2.29. The van der Waals surface area contributed by atoms with Crippen LogP contribution >= 0.6 is 22.7 Å². The maximum absolute atomic E-state index is 13.0. The summed E-state index contributed by atoms with van der Waals surface area (Å²) in [5, 5.41) is 10.9. The number of urea groups is 1. The highest BCUT2D eigenvalue weighted by Gasteiger charge is 2.19. The summed E-state index contributed by atoms with van der Waals surface area (Å²) in [4.78, 5) is 19.4. The molecule has 7 nitrogen and oxygen atoms in total. The largest absolute Gasteiger partial charge is 0.396 e. The van der Waals surface area contributed by atoms with Crippen LogP contribution in [0.2, 0.25) is 0 Å². The van der Waals surface area contributed by atoms with Gasteiger partial charge in [-0.2, -0.15) is 11.3 Å². The minimum absolute atomic E-state index is 0.0804. The topological polar surface area (TPSA) is 74.1 Å². The first-order chi connectivity index (χ1) is 14.7. The van der Waals surface area contributed by atoms with E-state index in [1.807, 2.05) is 27.1 Å². The number of hydrogen-bond donors (Lipinski definition) is 2. The van der Waals surface area contributed by atoms with E-state index < -0.39 is 0 Å². The van der Waals surface area contributed by atoms with Crippen LogP contribution in [0.25, 0.3) is 0 Å². The third kappa shape index (κ3) is 5.42. The van der Waals surface area contributed by atoms with E-state index in [-0.39, 0.29) is 6.03 Å². The Morgan fingerprint density at radius 2 is 2.10 bits per heavy atom. The SMILES string of the molecule is Nc1cscc1N1C=C(CN(CCN2CCOCC2)C(=O)Nc2ccsc2)C=CC1. The predicted octanol–water partition coefficient (Wildman–Crippen LogP) is 3.52. The van der Waals surface area contributed by atoms with Gasteiger partial charge >= 0.3 is 6.03 Å². The molecule has 2 aromatic heterocycles. The van der Waals surface area contributed by atoms with Gasteiger partial charge in [-0.05, 0) is 17.0 Å². The zero-order valence-corrected chi connectivity index (χ0v) is 18.5. The Kier molecular flexibility index (Phi) is 7.06. The van der Waals surface area contributed by atoms with Crippen LogP contribution in [0, 0.1) is 0 Å². The van der Waals surface area contributed by atoms with Crippen molar-refractivity contribution < 1.29 is 9.53 Å². The lowest BCUT2D eigenvalue weighted by Crippen LogP contribution is -2.45. The van der Waals surface area contributed by atoms with Gasteiger partial charge in [-0.15, -0.1) is 11.3 Å². The van der Waals surface area contributed by atoms with Crippen LogP contribution in [-0.2, 0) is 4.74 Å². The van der Waals surface area contributed by atoms with Crippen LogP contribution in [0.4, 0.5) is 21.9 Å². The molecule has 0 spiro atoms. The third-order valence-corrected chi connectivity index (χ3v) is 6.59. The highest BCUT2D eigenvalue weighted by molar-refractivity contribution is 7.09. The first-order valence-electron chi connectivity index (χ1n) is 10.0. The summed E-state index contributed by atoms with van der Waals surface area (Å²) in [6.07, 6.45) is 6.31. The van der Waals surface area contributed by atoms with E-state index in [9.17, 15) is 4.79 Å². The maximum atomic E-state index is 13.0. The van der Waals surface area contributed by atoms with Gasteiger partial charge in [-0.25, -0.2) is 4.79 Å². The Hall–Kier alpha value is -2.33. The number of nitrogen functional groups attached to an aromatic ring is 1. The molecule has 2 aliphatic rings. The fourth-order valence-electron chi connectivity index (χ4n) is 3.51. The number of ether oxygens (including phenoxy) is 1. The fraction of sp³-hybridized carbons (Fsp3) is 0.381. The second kappa shape index (κ2) is 10.1. The van der Waals surface area contributed by atoms with E-state index in [1.165, 1.54) is 0 Å². The lowest BCUT2D eigenvalue weighted by atomic mass is 10.1. The summed E-state index contributed by atoms with van der Waals surface area (Å²) in [5.41, 5.74) is 9.81. The lowest BCUT2D eigenvalue weighted by molar-refractivity contribution is 0.0354. The number of nitrogens with zero attached hydrogens (tertiary/aromatic N) is 3. The van der Waals surface area contributed by atoms with Crippen molar-refractivity contribution in [3.8, 4) is 0 Å². The first kappa shape index (κ1) is 20.9. The molecule has 2 aliphatic heterocycles. The number of nitrogens with one attached hydrogen (secondary N) is 1. The Morgan fingerprint density at radius 3 is 2.83 bits per heavy atom. The monoisotopic (exact) mass is 445 g/mol. The van der Waals surface area contributed by atoms with Gasteiger partial charge in [0, 0.05) is 61.6 Å². The van der Waals surface area contributed by atoms with Gasteiger partial charge in [0.1, 0.15) is 0 Å². The number of carbonyl (C=O) groups excluding carboxylic acids is 1. The van der Waals surface area contributed by atoms with Gasteiger partial charge < -0.3 is 25.6 Å². The Labute approximate surface area is 185 Å². The molecule has 160 valence electrons. The number of thiophene rings is 2. The third-order valence-electron chi connectivity index (χ3n) is 5.16. The van der Waals surface area contributed by atoms with Gasteiger partial charge in [0.15, 0.2) is 0 Å². The maximum Gasteiger partial charge on any atom is 0.322 e. The van der Waals surface area contributed by atoms with Crippen molar-refractivity contribution in [3.05, 3.63) is 51.5 Å². The molecule has 0 radical (unpaired) electrons. The number of carbonyl (C=O) groups is 1. The van der Waals surface area contributed by atoms with Gasteiger partial charge in [-0.1, -0.05) is 12.2 Å². The molecular weight excluding hydrogens is 418 g/mol. The molecule has 0 unspecified atom stereocenters. The molecule has 0 saturated carbocycles. The summed E-state index contributed by atoms with van der Waals surface area (Å²) in [5.74, 6) is 0. The summed E-state index contributed by atoms with van der Waals surface area (Å²) in [6.45, 7) is 6.14. The van der Waals surface area contributed by atoms with Gasteiger partial charge in [0.2, 0.25) is 0 Å². The molecule has 0 aromatic carbocycles. The molecule has 4 heterocycles. The summed E-state index contributed by atoms with van der Waals surface area (Å²) in [6, 6.07) is 1.84. The zero-order chi connectivity index (χ0) is 20.8. The second-order valence-electron chi connectivity index (χ2n) is 7.29. The highest BCUT2D eigenvalue weighted by atomic mass is 32.1. The van der Waals surface area contributed by atoms with Crippen molar-refractivity contribution in [2.75, 3.05) is 68.4 Å². The number of anilines is 3. The van der Waals surface area contributed by atoms with E-state index in [2.05, 4.69) is 38.8 Å². The smallest absolute Gasteiger partial charge is 0.322 e. The number of morpholine rings is 1. The molecule has 2 amide bonds. The number of hydrogen-bond acceptors (Lipinski definition) is 7. The van der Waals surface area contributed by atoms with Crippen LogP contribution in [0.15, 0.2) is 51.5 Å². The minimum Gasteiger partial charge on any atom is -0.396 e. The van der Waals surface area contributed by atoms with Crippen LogP contribution < -0.4 is 16.0 Å². The molecule has 0 bridgehead atoms. The molecule has 0 atom stereocenters. The molecule has 3 N–H and O–H groups in total. The lowest BCUT2D eigenvalue weighted by Gasteiger charge is -2.31. The van der Waals surface area contributed by atoms with Gasteiger partial charge in [-0.3, -0.25) is 4.90 Å². The van der Waals surface area contributed by atoms with Crippen molar-refractivity contribution in [1.29, 1.82) is 0 Å². The van der Waals surface area contributed by atoms with E-state index in [0.717, 1.165) is 62.0 Å². The van der Waals surface area contributed by atoms with E-state index >= 15 is 0 Å². The molecule has 1 fully saturated rings. The minimum atomic E-state index is -0.0804. The van der Waals surface area contributed by atoms with Crippen molar-refractivity contribution in [2.45, 2.75) is 0 Å². The normalized spacial score (nSPS) is 17.1. The van der Waals surface area contributed by atoms with E-state index in [0.29, 0.717) is 13.1 Å². The summed E-state index contributed by atoms with van der Waals surface area (Å²) in [7, 11) is 0. The average Bonchev–Trinajstić information content (AvgIpc) is 3.43. The van der Waals surface area contributed by atoms with Crippen LogP contribution in [-0.4, -0.2) is 68.3 Å². The second-order valence-corrected chi connectivity index (χ2v) is 8.81. The van der Waals surface area contributed by atoms with Crippen LogP contribution in [0.5, 0.6) is 0 Å². The number of nitrogens with two attached hydrogens (primary N) is 1. The van der Waals surface area contributed by atoms with Crippen LogP contribution in [0.3, 0.4) is 0 Å². The fourth-order valence-corrected chi connectivity index (χ4v) is 4.83. The van der Waals surface area contributed by atoms with Crippen molar-refractivity contribution >= 4 is 45.8 Å². The molecule has 4 rings (SSSR count). The molecule has 0 aliphatic carbocycles. The number of amides is 2. The molecule has 9 heteroatoms. The molecule has 1 saturated heterocycles. The van der Waals surface area contributed by atoms with Gasteiger partial charge in [0.25, 0.3) is 0 Å². The Bertz CT molecular complexity index is 887. The Morgan fingerprint density at radius 1 is 1.23 bits per heavy atom. The zero-order valence-electron chi connectivity index (χ0n) is 16.8. The molecule has 30 heavy (non-hydrogen) atoms. The summed E-state index contributed by atoms with van der Waals surface area (Å²) >= 11 is 3.17. The van der Waals surface area contributed by atoms with Crippen molar-refractivity contribution in [1.82, 2.24) is 9.80 Å². The molecule has 2 aromatic rings. The first-order valence-corrected chi connectivity index (χ1v) is 11.9. The van der Waals surface area contributed by atoms with E-state index in [1.54, 1.807) is 22.7 Å². The quantitative estimate of drug-likeness (QED) is 0.682. The molecular formula is C21H27N5O2S2.